The number of ether oxygens (including phenoxy) is 1. The molecule has 0 aliphatic carbocycles. The van der Waals surface area contributed by atoms with Crippen LogP contribution in [0.15, 0.2) is 30.9 Å². The van der Waals surface area contributed by atoms with Gasteiger partial charge in [0.2, 0.25) is 0 Å². The average molecular weight is 773 g/mol. The number of likely N-dealkylation sites (tertiary alicyclic amines) is 1. The summed E-state index contributed by atoms with van der Waals surface area (Å²) in [6.07, 6.45) is 10.2. The first kappa shape index (κ1) is 35.1. The number of amides is 1. The topological polar surface area (TPSA) is 142 Å². The Bertz CT molecular complexity index is 2340. The van der Waals surface area contributed by atoms with E-state index in [0.717, 1.165) is 75.8 Å². The number of aromatic nitrogens is 5. The third-order valence-electron chi connectivity index (χ3n) is 12.2. The van der Waals surface area contributed by atoms with Crippen molar-refractivity contribution < 1.29 is 18.3 Å². The number of carbonyl (C=O) groups is 1. The molecule has 54 heavy (non-hydrogen) atoms. The number of thiophene rings is 1. The van der Waals surface area contributed by atoms with Gasteiger partial charge in [0.15, 0.2) is 5.82 Å². The predicted octanol–water partition coefficient (Wildman–Crippen LogP) is 7.23. The second kappa shape index (κ2) is 13.3. The number of halogens is 3. The molecule has 4 saturated heterocycles. The fourth-order valence-electron chi connectivity index (χ4n) is 9.62. The van der Waals surface area contributed by atoms with E-state index in [4.69, 9.17) is 32.0 Å². The maximum atomic E-state index is 17.4. The van der Waals surface area contributed by atoms with Gasteiger partial charge in [-0.3, -0.25) is 4.90 Å². The number of nitriles is 1. The van der Waals surface area contributed by atoms with Crippen molar-refractivity contribution in [3.05, 3.63) is 53.1 Å². The number of rotatable bonds is 5. The number of hydrogen-bond donors (Lipinski definition) is 1. The first-order chi connectivity index (χ1) is 26.1. The largest absolute Gasteiger partial charge is 0.461 e. The number of fused-ring (bicyclic) bond motifs is 3. The smallest absolute Gasteiger partial charge is 0.346 e. The molecule has 12 nitrogen and oxygen atoms in total. The first-order valence-corrected chi connectivity index (χ1v) is 19.7. The highest BCUT2D eigenvalue weighted by molar-refractivity contribution is 7.23. The molecule has 0 saturated carbocycles. The van der Waals surface area contributed by atoms with Crippen molar-refractivity contribution in [2.75, 3.05) is 50.0 Å². The van der Waals surface area contributed by atoms with Crippen molar-refractivity contribution in [3.63, 3.8) is 0 Å². The fourth-order valence-corrected chi connectivity index (χ4v) is 10.9. The molecule has 4 aliphatic rings. The molecule has 1 unspecified atom stereocenters. The van der Waals surface area contributed by atoms with Crippen LogP contribution in [0.3, 0.4) is 0 Å². The van der Waals surface area contributed by atoms with Gasteiger partial charge >= 0.3 is 12.0 Å². The van der Waals surface area contributed by atoms with E-state index in [1.807, 2.05) is 4.90 Å². The molecule has 2 aromatic carbocycles. The Labute approximate surface area is 319 Å². The van der Waals surface area contributed by atoms with Gasteiger partial charge in [0.25, 0.3) is 0 Å². The molecule has 2 atom stereocenters. The lowest BCUT2D eigenvalue weighted by Gasteiger charge is -2.40. The van der Waals surface area contributed by atoms with E-state index in [-0.39, 0.29) is 65.8 Å². The van der Waals surface area contributed by atoms with Crippen molar-refractivity contribution in [2.45, 2.75) is 69.4 Å². The molecule has 1 amide bonds. The Morgan fingerprint density at radius 1 is 1.15 bits per heavy atom. The standard InChI is InChI=1S/C38H39ClF2N10O2S/c1-22-7-11-37(8-4-14-50(37)36(52)51-21-44-20-45-51)18-48(17-22)34-24-15-26(39)29(23-5-6-27(40)32-28(23)25(16-42)33(43)54-32)30(41)31(24)46-35(47-34)53-19-38-9-2-12-49(38)13-3-10-38/h5-6,15,20-22H,2-4,7-14,17-19,43H2,1H3/t22-,37?/m0/s1. The molecule has 0 radical (unpaired) electrons. The van der Waals surface area contributed by atoms with Crippen LogP contribution in [-0.2, 0) is 0 Å². The molecule has 1 spiro atoms. The van der Waals surface area contributed by atoms with E-state index < -0.39 is 17.2 Å². The van der Waals surface area contributed by atoms with Gasteiger partial charge in [-0.15, -0.1) is 11.3 Å². The molecular formula is C38H39ClF2N10O2S. The van der Waals surface area contributed by atoms with Crippen molar-refractivity contribution in [2.24, 2.45) is 5.92 Å². The van der Waals surface area contributed by atoms with E-state index in [1.165, 1.54) is 29.5 Å². The maximum Gasteiger partial charge on any atom is 0.346 e. The van der Waals surface area contributed by atoms with Gasteiger partial charge in [-0.25, -0.2) is 18.6 Å². The Morgan fingerprint density at radius 2 is 1.94 bits per heavy atom. The number of hydrogen-bond acceptors (Lipinski definition) is 11. The summed E-state index contributed by atoms with van der Waals surface area (Å²) in [4.78, 5) is 34.1. The summed E-state index contributed by atoms with van der Waals surface area (Å²) in [6, 6.07) is 6.19. The molecule has 4 fully saturated rings. The van der Waals surface area contributed by atoms with Gasteiger partial charge in [0.1, 0.15) is 47.5 Å². The molecule has 3 aromatic heterocycles. The summed E-state index contributed by atoms with van der Waals surface area (Å²) in [6.45, 7) is 6.20. The van der Waals surface area contributed by atoms with Crippen LogP contribution in [-0.4, -0.2) is 91.0 Å². The van der Waals surface area contributed by atoms with Crippen LogP contribution in [0.1, 0.15) is 63.9 Å². The van der Waals surface area contributed by atoms with Crippen molar-refractivity contribution in [1.29, 1.82) is 5.26 Å². The van der Waals surface area contributed by atoms with Crippen LogP contribution in [0.2, 0.25) is 5.02 Å². The van der Waals surface area contributed by atoms with E-state index in [9.17, 15) is 10.1 Å². The van der Waals surface area contributed by atoms with Crippen molar-refractivity contribution in [3.8, 4) is 23.2 Å². The van der Waals surface area contributed by atoms with Crippen LogP contribution >= 0.6 is 22.9 Å². The zero-order valence-corrected chi connectivity index (χ0v) is 31.4. The van der Waals surface area contributed by atoms with Gasteiger partial charge in [-0.05, 0) is 88.1 Å². The number of anilines is 2. The Balaban J connectivity index is 1.20. The minimum absolute atomic E-state index is 0.00583. The minimum atomic E-state index is -0.740. The monoisotopic (exact) mass is 772 g/mol. The van der Waals surface area contributed by atoms with Gasteiger partial charge in [-0.1, -0.05) is 24.6 Å². The van der Waals surface area contributed by atoms with E-state index in [0.29, 0.717) is 37.4 Å². The van der Waals surface area contributed by atoms with Crippen molar-refractivity contribution >= 4 is 60.8 Å². The van der Waals surface area contributed by atoms with Crippen LogP contribution in [0.25, 0.3) is 32.1 Å². The number of nitrogen functional groups attached to an aromatic ring is 1. The summed E-state index contributed by atoms with van der Waals surface area (Å²) in [5.74, 6) is -0.628. The van der Waals surface area contributed by atoms with Gasteiger partial charge in [-0.2, -0.15) is 25.0 Å². The lowest BCUT2D eigenvalue weighted by molar-refractivity contribution is 0.108. The number of carbonyl (C=O) groups excluding carboxylic acids is 1. The number of nitrogens with two attached hydrogens (primary N) is 1. The summed E-state index contributed by atoms with van der Waals surface area (Å²) >= 11 is 7.96. The van der Waals surface area contributed by atoms with E-state index >= 15 is 8.78 Å². The highest BCUT2D eigenvalue weighted by atomic mass is 35.5. The zero-order valence-electron chi connectivity index (χ0n) is 29.8. The lowest BCUT2D eigenvalue weighted by atomic mass is 9.89. The summed E-state index contributed by atoms with van der Waals surface area (Å²) in [5, 5.41) is 14.9. The van der Waals surface area contributed by atoms with E-state index in [1.54, 1.807) is 6.07 Å². The lowest BCUT2D eigenvalue weighted by Crippen LogP contribution is -2.55. The molecule has 0 bridgehead atoms. The average Bonchev–Trinajstić information content (AvgIpc) is 3.99. The summed E-state index contributed by atoms with van der Waals surface area (Å²) < 4.78 is 40.4. The molecule has 280 valence electrons. The van der Waals surface area contributed by atoms with Crippen LogP contribution < -0.4 is 15.4 Å². The first-order valence-electron chi connectivity index (χ1n) is 18.5. The molecule has 2 N–H and O–H groups in total. The second-order valence-corrected chi connectivity index (χ2v) is 16.8. The molecule has 5 aromatic rings. The predicted molar refractivity (Wildman–Crippen MR) is 203 cm³/mol. The van der Waals surface area contributed by atoms with Crippen LogP contribution in [0, 0.1) is 28.9 Å². The molecule has 4 aliphatic heterocycles. The van der Waals surface area contributed by atoms with E-state index in [2.05, 4.69) is 32.9 Å². The number of nitrogens with zero attached hydrogens (tertiary/aromatic N) is 9. The molecule has 7 heterocycles. The Kier molecular flexibility index (Phi) is 8.63. The normalized spacial score (nSPS) is 22.7. The van der Waals surface area contributed by atoms with Gasteiger partial charge < -0.3 is 20.3 Å². The van der Waals surface area contributed by atoms with Crippen LogP contribution in [0.5, 0.6) is 6.01 Å². The maximum absolute atomic E-state index is 17.4. The Morgan fingerprint density at radius 3 is 2.70 bits per heavy atom. The van der Waals surface area contributed by atoms with Crippen molar-refractivity contribution in [1.82, 2.24) is 34.5 Å². The zero-order chi connectivity index (χ0) is 37.4. The SMILES string of the molecule is C[C@H]1CCC2(CCCN2C(=O)n2cncn2)CN(c2nc(OCC34CCCN3CCC4)nc3c(F)c(-c4ccc(F)c5sc(N)c(C#N)c45)c(Cl)cc23)C1. The summed E-state index contributed by atoms with van der Waals surface area (Å²) in [5.41, 5.74) is 5.78. The third-order valence-corrected chi connectivity index (χ3v) is 13.5. The third kappa shape index (κ3) is 5.55. The highest BCUT2D eigenvalue weighted by Crippen LogP contribution is 2.47. The van der Waals surface area contributed by atoms with Gasteiger partial charge in [0, 0.05) is 36.0 Å². The fraction of sp³-hybridized carbons (Fsp3) is 0.474. The second-order valence-electron chi connectivity index (χ2n) is 15.4. The minimum Gasteiger partial charge on any atom is -0.461 e. The Hall–Kier alpha value is -4.65. The van der Waals surface area contributed by atoms with Crippen LogP contribution in [0.4, 0.5) is 24.4 Å². The number of benzene rings is 2. The molecule has 9 rings (SSSR count). The highest BCUT2D eigenvalue weighted by Gasteiger charge is 2.48. The molecular weight excluding hydrogens is 734 g/mol. The van der Waals surface area contributed by atoms with Gasteiger partial charge in [0.05, 0.1) is 26.4 Å². The summed E-state index contributed by atoms with van der Waals surface area (Å²) in [7, 11) is 0. The molecule has 16 heteroatoms. The quantitative estimate of drug-likeness (QED) is 0.194.